The summed E-state index contributed by atoms with van der Waals surface area (Å²) in [5.74, 6) is 1.49. The van der Waals surface area contributed by atoms with Crippen molar-refractivity contribution in [3.63, 3.8) is 0 Å². The second kappa shape index (κ2) is 7.67. The third kappa shape index (κ3) is 3.32. The molecule has 30 heavy (non-hydrogen) atoms. The van der Waals surface area contributed by atoms with Crippen molar-refractivity contribution < 1.29 is 4.74 Å². The number of aromatic amines is 1. The lowest BCUT2D eigenvalue weighted by molar-refractivity contribution is 0.317. The number of rotatable bonds is 5. The number of fused-ring (bicyclic) bond motifs is 2. The standard InChI is InChI=1S/C23H23N5O2/c1-2-12-30-19-9-8-17-15-27(11-10-16(17)13-19)23-25-21-20(22(29)26-23)14-24-28(21)18-6-4-3-5-7-18/h3-9,13-14H,2,10-12,15H2,1H3,(H,25,26,29). The van der Waals surface area contributed by atoms with Gasteiger partial charge in [0.1, 0.15) is 11.1 Å². The minimum atomic E-state index is -0.175. The minimum Gasteiger partial charge on any atom is -0.494 e. The lowest BCUT2D eigenvalue weighted by Gasteiger charge is -2.29. The van der Waals surface area contributed by atoms with Gasteiger partial charge in [-0.2, -0.15) is 10.1 Å². The number of benzene rings is 2. The number of hydrogen-bond acceptors (Lipinski definition) is 5. The molecule has 0 saturated heterocycles. The van der Waals surface area contributed by atoms with Crippen LogP contribution in [0.1, 0.15) is 24.5 Å². The van der Waals surface area contributed by atoms with E-state index >= 15 is 0 Å². The molecular formula is C23H23N5O2. The molecule has 1 aliphatic heterocycles. The van der Waals surface area contributed by atoms with E-state index in [-0.39, 0.29) is 5.56 Å². The lowest BCUT2D eigenvalue weighted by atomic mass is 10.00. The highest BCUT2D eigenvalue weighted by Gasteiger charge is 2.21. The normalized spacial score (nSPS) is 13.4. The Hall–Kier alpha value is -3.61. The zero-order valence-corrected chi connectivity index (χ0v) is 16.8. The number of nitrogens with one attached hydrogen (secondary N) is 1. The number of H-pyrrole nitrogens is 1. The fourth-order valence-corrected chi connectivity index (χ4v) is 3.83. The third-order valence-corrected chi connectivity index (χ3v) is 5.39. The number of anilines is 1. The van der Waals surface area contributed by atoms with E-state index in [0.717, 1.165) is 37.4 Å². The molecule has 4 aromatic rings. The van der Waals surface area contributed by atoms with Gasteiger partial charge < -0.3 is 9.64 Å². The molecule has 0 amide bonds. The molecular weight excluding hydrogens is 378 g/mol. The largest absolute Gasteiger partial charge is 0.494 e. The summed E-state index contributed by atoms with van der Waals surface area (Å²) < 4.78 is 7.47. The van der Waals surface area contributed by atoms with E-state index in [1.807, 2.05) is 36.4 Å². The first-order chi connectivity index (χ1) is 14.7. The summed E-state index contributed by atoms with van der Waals surface area (Å²) in [6, 6.07) is 16.0. The van der Waals surface area contributed by atoms with Crippen LogP contribution in [0, 0.1) is 0 Å². The van der Waals surface area contributed by atoms with E-state index in [4.69, 9.17) is 9.72 Å². The molecule has 0 aliphatic carbocycles. The number of aromatic nitrogens is 4. The number of para-hydroxylation sites is 1. The van der Waals surface area contributed by atoms with Crippen LogP contribution < -0.4 is 15.2 Å². The molecule has 0 saturated carbocycles. The molecule has 0 atom stereocenters. The van der Waals surface area contributed by atoms with Crippen LogP contribution in [0.2, 0.25) is 0 Å². The molecule has 0 spiro atoms. The molecule has 1 aliphatic rings. The first-order valence-corrected chi connectivity index (χ1v) is 10.3. The van der Waals surface area contributed by atoms with Gasteiger partial charge in [-0.1, -0.05) is 31.2 Å². The Morgan fingerprint density at radius 3 is 2.83 bits per heavy atom. The predicted molar refractivity (Wildman–Crippen MR) is 116 cm³/mol. The van der Waals surface area contributed by atoms with Crippen molar-refractivity contribution >= 4 is 17.0 Å². The fraction of sp³-hybridized carbons (Fsp3) is 0.261. The lowest BCUT2D eigenvalue weighted by Crippen LogP contribution is -2.33. The van der Waals surface area contributed by atoms with Gasteiger partial charge in [0.25, 0.3) is 5.56 Å². The van der Waals surface area contributed by atoms with E-state index in [1.165, 1.54) is 11.1 Å². The van der Waals surface area contributed by atoms with Crippen molar-refractivity contribution in [2.75, 3.05) is 18.1 Å². The molecule has 152 valence electrons. The molecule has 7 heteroatoms. The summed E-state index contributed by atoms with van der Waals surface area (Å²) in [5.41, 5.74) is 3.78. The van der Waals surface area contributed by atoms with Crippen LogP contribution in [0.25, 0.3) is 16.7 Å². The van der Waals surface area contributed by atoms with Gasteiger partial charge in [-0.25, -0.2) is 4.68 Å². The van der Waals surface area contributed by atoms with Crippen LogP contribution in [0.15, 0.2) is 59.5 Å². The Labute approximate surface area is 173 Å². The quantitative estimate of drug-likeness (QED) is 0.554. The topological polar surface area (TPSA) is 76.0 Å². The molecule has 0 bridgehead atoms. The van der Waals surface area contributed by atoms with Crippen molar-refractivity contribution in [2.24, 2.45) is 0 Å². The smallest absolute Gasteiger partial charge is 0.263 e. The van der Waals surface area contributed by atoms with Crippen molar-refractivity contribution in [1.82, 2.24) is 19.7 Å². The van der Waals surface area contributed by atoms with Crippen LogP contribution in [0.4, 0.5) is 5.95 Å². The van der Waals surface area contributed by atoms with Crippen LogP contribution in [-0.4, -0.2) is 32.9 Å². The molecule has 2 aromatic carbocycles. The highest BCUT2D eigenvalue weighted by Crippen LogP contribution is 2.26. The van der Waals surface area contributed by atoms with E-state index in [0.29, 0.717) is 23.5 Å². The Bertz CT molecular complexity index is 1250. The van der Waals surface area contributed by atoms with E-state index in [9.17, 15) is 4.79 Å². The van der Waals surface area contributed by atoms with Gasteiger partial charge in [0.15, 0.2) is 5.65 Å². The molecule has 1 N–H and O–H groups in total. The van der Waals surface area contributed by atoms with E-state index < -0.39 is 0 Å². The first-order valence-electron chi connectivity index (χ1n) is 10.3. The van der Waals surface area contributed by atoms with Gasteiger partial charge in [0.05, 0.1) is 18.5 Å². The maximum Gasteiger partial charge on any atom is 0.263 e. The minimum absolute atomic E-state index is 0.175. The monoisotopic (exact) mass is 401 g/mol. The van der Waals surface area contributed by atoms with Crippen LogP contribution in [-0.2, 0) is 13.0 Å². The Balaban J connectivity index is 1.48. The van der Waals surface area contributed by atoms with Crippen LogP contribution in [0.5, 0.6) is 5.75 Å². The molecule has 2 aromatic heterocycles. The molecule has 3 heterocycles. The SMILES string of the molecule is CCCOc1ccc2c(c1)CCN(c1nc3c(cnn3-c3ccccc3)c(=O)[nH]1)C2. The Morgan fingerprint density at radius 2 is 2.00 bits per heavy atom. The molecule has 0 radical (unpaired) electrons. The summed E-state index contributed by atoms with van der Waals surface area (Å²) in [6.07, 6.45) is 3.44. The molecule has 0 unspecified atom stereocenters. The fourth-order valence-electron chi connectivity index (χ4n) is 3.83. The molecule has 0 fully saturated rings. The number of ether oxygens (including phenoxy) is 1. The maximum absolute atomic E-state index is 12.7. The zero-order chi connectivity index (χ0) is 20.5. The van der Waals surface area contributed by atoms with Crippen molar-refractivity contribution in [3.05, 3.63) is 76.2 Å². The van der Waals surface area contributed by atoms with Gasteiger partial charge in [-0.3, -0.25) is 9.78 Å². The highest BCUT2D eigenvalue weighted by atomic mass is 16.5. The van der Waals surface area contributed by atoms with Crippen molar-refractivity contribution in [3.8, 4) is 11.4 Å². The predicted octanol–water partition coefficient (Wildman–Crippen LogP) is 3.46. The van der Waals surface area contributed by atoms with Crippen LogP contribution in [0.3, 0.4) is 0 Å². The van der Waals surface area contributed by atoms with Crippen molar-refractivity contribution in [1.29, 1.82) is 0 Å². The van der Waals surface area contributed by atoms with Gasteiger partial charge >= 0.3 is 0 Å². The number of nitrogens with zero attached hydrogens (tertiary/aromatic N) is 4. The zero-order valence-electron chi connectivity index (χ0n) is 16.8. The van der Waals surface area contributed by atoms with Crippen LogP contribution >= 0.6 is 0 Å². The molecule has 7 nitrogen and oxygen atoms in total. The average Bonchev–Trinajstić information content (AvgIpc) is 3.22. The summed E-state index contributed by atoms with van der Waals surface area (Å²) in [7, 11) is 0. The Morgan fingerprint density at radius 1 is 1.13 bits per heavy atom. The summed E-state index contributed by atoms with van der Waals surface area (Å²) >= 11 is 0. The summed E-state index contributed by atoms with van der Waals surface area (Å²) in [6.45, 7) is 4.30. The highest BCUT2D eigenvalue weighted by molar-refractivity contribution is 5.76. The van der Waals surface area contributed by atoms with Gasteiger partial charge in [-0.15, -0.1) is 0 Å². The maximum atomic E-state index is 12.7. The second-order valence-corrected chi connectivity index (χ2v) is 7.47. The summed E-state index contributed by atoms with van der Waals surface area (Å²) in [4.78, 5) is 22.5. The van der Waals surface area contributed by atoms with E-state index in [2.05, 4.69) is 34.0 Å². The first kappa shape index (κ1) is 18.4. The van der Waals surface area contributed by atoms with Gasteiger partial charge in [0.2, 0.25) is 5.95 Å². The third-order valence-electron chi connectivity index (χ3n) is 5.39. The van der Waals surface area contributed by atoms with Crippen molar-refractivity contribution in [2.45, 2.75) is 26.3 Å². The van der Waals surface area contributed by atoms with Gasteiger partial charge in [-0.05, 0) is 48.2 Å². The molecule has 5 rings (SSSR count). The number of hydrogen-bond donors (Lipinski definition) is 1. The average molecular weight is 401 g/mol. The summed E-state index contributed by atoms with van der Waals surface area (Å²) in [5, 5.41) is 4.87. The Kier molecular flexibility index (Phi) is 4.71. The second-order valence-electron chi connectivity index (χ2n) is 7.47. The van der Waals surface area contributed by atoms with E-state index in [1.54, 1.807) is 10.9 Å². The van der Waals surface area contributed by atoms with Gasteiger partial charge in [0, 0.05) is 13.1 Å².